The summed E-state index contributed by atoms with van der Waals surface area (Å²) in [7, 11) is -2.69. The molecule has 0 amide bonds. The van der Waals surface area contributed by atoms with E-state index in [0.29, 0.717) is 16.9 Å². The van der Waals surface area contributed by atoms with Gasteiger partial charge in [0.1, 0.15) is 12.3 Å². The zero-order valence-electron chi connectivity index (χ0n) is 20.1. The van der Waals surface area contributed by atoms with Crippen molar-refractivity contribution < 1.29 is 22.9 Å². The average molecular weight is 557 g/mol. The van der Waals surface area contributed by atoms with Crippen LogP contribution in [0, 0.1) is 17.0 Å². The van der Waals surface area contributed by atoms with Gasteiger partial charge in [-0.2, -0.15) is 0 Å². The molecule has 0 fully saturated rings. The zero-order valence-corrected chi connectivity index (χ0v) is 21.7. The van der Waals surface area contributed by atoms with Gasteiger partial charge in [0.15, 0.2) is 0 Å². The number of esters is 1. The van der Waals surface area contributed by atoms with Gasteiger partial charge in [-0.1, -0.05) is 41.9 Å². The minimum atomic E-state index is -4.32. The summed E-state index contributed by atoms with van der Waals surface area (Å²) < 4.78 is 36.8. The monoisotopic (exact) mass is 556 g/mol. The number of aromatic nitrogens is 2. The molecule has 0 aliphatic heterocycles. The number of benzene rings is 3. The topological polar surface area (TPSA) is 143 Å². The number of hydrogen-bond donors (Lipinski definition) is 1. The second-order valence-electron chi connectivity index (χ2n) is 8.19. The number of rotatable bonds is 8. The Morgan fingerprint density at radius 2 is 1.79 bits per heavy atom. The SMILES string of the molecule is Cc1c(NS(=O)(=O)c2ccc(Cl)c(C(=O)OCc3cccc([N+](=O)[O-])c3)c2)c(=O)n(-c2ccccc2)n1C. The first-order chi connectivity index (χ1) is 18.0. The first-order valence-electron chi connectivity index (χ1n) is 11.1. The fraction of sp³-hybridized carbons (Fsp3) is 0.120. The van der Waals surface area contributed by atoms with Crippen LogP contribution < -0.4 is 10.3 Å². The first-order valence-corrected chi connectivity index (χ1v) is 12.9. The zero-order chi connectivity index (χ0) is 27.6. The Hall–Kier alpha value is -4.42. The number of halogens is 1. The molecule has 0 saturated heterocycles. The van der Waals surface area contributed by atoms with Crippen LogP contribution in [0.15, 0.2) is 82.5 Å². The number of nitrogens with zero attached hydrogens (tertiary/aromatic N) is 3. The lowest BCUT2D eigenvalue weighted by atomic mass is 10.2. The van der Waals surface area contributed by atoms with Crippen molar-refractivity contribution in [2.75, 3.05) is 4.72 Å². The van der Waals surface area contributed by atoms with Crippen LogP contribution in [0.25, 0.3) is 5.69 Å². The Labute approximate surface area is 222 Å². The van der Waals surface area contributed by atoms with E-state index in [4.69, 9.17) is 16.3 Å². The summed E-state index contributed by atoms with van der Waals surface area (Å²) >= 11 is 6.13. The molecule has 38 heavy (non-hydrogen) atoms. The summed E-state index contributed by atoms with van der Waals surface area (Å²) in [5, 5.41) is 10.9. The van der Waals surface area contributed by atoms with E-state index < -0.39 is 26.5 Å². The Morgan fingerprint density at radius 3 is 2.47 bits per heavy atom. The molecule has 0 aliphatic carbocycles. The fourth-order valence-corrected chi connectivity index (χ4v) is 5.03. The number of hydrogen-bond acceptors (Lipinski definition) is 7. The van der Waals surface area contributed by atoms with Crippen LogP contribution in [-0.2, 0) is 28.4 Å². The Balaban J connectivity index is 1.60. The van der Waals surface area contributed by atoms with Crippen molar-refractivity contribution in [2.45, 2.75) is 18.4 Å². The molecular formula is C25H21ClN4O7S. The molecule has 196 valence electrons. The third kappa shape index (κ3) is 5.31. The van der Waals surface area contributed by atoms with Crippen molar-refractivity contribution in [1.82, 2.24) is 9.36 Å². The quantitative estimate of drug-likeness (QED) is 0.194. The van der Waals surface area contributed by atoms with E-state index in [0.717, 1.165) is 6.07 Å². The summed E-state index contributed by atoms with van der Waals surface area (Å²) in [6.45, 7) is 1.30. The summed E-state index contributed by atoms with van der Waals surface area (Å²) in [4.78, 5) is 35.9. The van der Waals surface area contributed by atoms with Gasteiger partial charge in [-0.05, 0) is 42.8 Å². The minimum Gasteiger partial charge on any atom is -0.457 e. The van der Waals surface area contributed by atoms with E-state index in [1.165, 1.54) is 45.8 Å². The molecule has 11 nitrogen and oxygen atoms in total. The number of para-hydroxylation sites is 1. The van der Waals surface area contributed by atoms with E-state index in [1.54, 1.807) is 44.3 Å². The molecular weight excluding hydrogens is 536 g/mol. The van der Waals surface area contributed by atoms with E-state index in [1.807, 2.05) is 0 Å². The summed E-state index contributed by atoms with van der Waals surface area (Å²) in [6.07, 6.45) is 0. The van der Waals surface area contributed by atoms with Gasteiger partial charge < -0.3 is 4.74 Å². The molecule has 0 saturated carbocycles. The first kappa shape index (κ1) is 26.6. The number of ether oxygens (including phenoxy) is 1. The predicted molar refractivity (Wildman–Crippen MR) is 140 cm³/mol. The summed E-state index contributed by atoms with van der Waals surface area (Å²) in [6, 6.07) is 17.7. The highest BCUT2D eigenvalue weighted by atomic mass is 35.5. The molecule has 1 N–H and O–H groups in total. The van der Waals surface area contributed by atoms with Crippen LogP contribution in [0.5, 0.6) is 0 Å². The van der Waals surface area contributed by atoms with Crippen molar-refractivity contribution in [3.05, 3.63) is 115 Å². The van der Waals surface area contributed by atoms with E-state index in [9.17, 15) is 28.1 Å². The van der Waals surface area contributed by atoms with Gasteiger partial charge in [-0.3, -0.25) is 24.3 Å². The Bertz CT molecular complexity index is 1710. The van der Waals surface area contributed by atoms with E-state index in [-0.39, 0.29) is 33.5 Å². The van der Waals surface area contributed by atoms with Gasteiger partial charge in [0.25, 0.3) is 21.3 Å². The van der Waals surface area contributed by atoms with Crippen LogP contribution in [0.2, 0.25) is 5.02 Å². The highest BCUT2D eigenvalue weighted by Crippen LogP contribution is 2.25. The van der Waals surface area contributed by atoms with Crippen LogP contribution in [0.1, 0.15) is 21.6 Å². The minimum absolute atomic E-state index is 0.0599. The van der Waals surface area contributed by atoms with Crippen molar-refractivity contribution in [3.8, 4) is 5.69 Å². The predicted octanol–water partition coefficient (Wildman–Crippen LogP) is 4.20. The van der Waals surface area contributed by atoms with Gasteiger partial charge in [-0.25, -0.2) is 17.9 Å². The molecule has 0 radical (unpaired) electrons. The molecule has 0 spiro atoms. The lowest BCUT2D eigenvalue weighted by molar-refractivity contribution is -0.384. The van der Waals surface area contributed by atoms with Gasteiger partial charge in [-0.15, -0.1) is 0 Å². The molecule has 4 aromatic rings. The third-order valence-corrected chi connectivity index (χ3v) is 7.43. The van der Waals surface area contributed by atoms with Crippen molar-refractivity contribution in [1.29, 1.82) is 0 Å². The molecule has 0 unspecified atom stereocenters. The summed E-state index contributed by atoms with van der Waals surface area (Å²) in [5.41, 5.74) is 0.154. The van der Waals surface area contributed by atoms with Gasteiger partial charge in [0.05, 0.1) is 31.8 Å². The summed E-state index contributed by atoms with van der Waals surface area (Å²) in [5.74, 6) is -0.930. The molecule has 4 rings (SSSR count). The second kappa shape index (κ2) is 10.5. The molecule has 1 heterocycles. The fourth-order valence-electron chi connectivity index (χ4n) is 3.69. The number of sulfonamides is 1. The standard InChI is InChI=1S/C25H21ClN4O7S/c1-16-23(24(31)29(28(16)2)18-8-4-3-5-9-18)27-38(35,36)20-11-12-22(26)21(14-20)25(32)37-15-17-7-6-10-19(13-17)30(33)34/h3-14,27H,15H2,1-2H3. The molecule has 1 aromatic heterocycles. The van der Waals surface area contributed by atoms with Crippen molar-refractivity contribution in [3.63, 3.8) is 0 Å². The van der Waals surface area contributed by atoms with Gasteiger partial charge in [0.2, 0.25) is 0 Å². The van der Waals surface area contributed by atoms with Gasteiger partial charge in [0, 0.05) is 19.2 Å². The lowest BCUT2D eigenvalue weighted by Gasteiger charge is -2.10. The second-order valence-corrected chi connectivity index (χ2v) is 10.3. The number of nitro benzene ring substituents is 1. The van der Waals surface area contributed by atoms with Crippen molar-refractivity contribution in [2.24, 2.45) is 7.05 Å². The third-order valence-electron chi connectivity index (χ3n) is 5.75. The maximum atomic E-state index is 13.2. The largest absolute Gasteiger partial charge is 0.457 e. The average Bonchev–Trinajstić information content (AvgIpc) is 3.10. The molecule has 3 aromatic carbocycles. The van der Waals surface area contributed by atoms with Crippen LogP contribution in [0.3, 0.4) is 0 Å². The van der Waals surface area contributed by atoms with Crippen LogP contribution in [0.4, 0.5) is 11.4 Å². The van der Waals surface area contributed by atoms with E-state index >= 15 is 0 Å². The highest BCUT2D eigenvalue weighted by molar-refractivity contribution is 7.92. The molecule has 0 aliphatic rings. The number of nitrogens with one attached hydrogen (secondary N) is 1. The number of non-ortho nitro benzene ring substituents is 1. The number of nitro groups is 1. The molecule has 0 bridgehead atoms. The van der Waals surface area contributed by atoms with Crippen LogP contribution in [-0.4, -0.2) is 28.7 Å². The maximum absolute atomic E-state index is 13.2. The number of anilines is 1. The van der Waals surface area contributed by atoms with Gasteiger partial charge >= 0.3 is 5.97 Å². The lowest BCUT2D eigenvalue weighted by Crippen LogP contribution is -2.23. The molecule has 0 atom stereocenters. The number of carbonyl (C=O) groups is 1. The van der Waals surface area contributed by atoms with Crippen molar-refractivity contribution >= 4 is 39.0 Å². The molecule has 13 heteroatoms. The smallest absolute Gasteiger partial charge is 0.340 e. The number of carbonyl (C=O) groups excluding carboxylic acids is 1. The normalized spacial score (nSPS) is 11.2. The maximum Gasteiger partial charge on any atom is 0.340 e. The Kier molecular flexibility index (Phi) is 7.37. The van der Waals surface area contributed by atoms with E-state index in [2.05, 4.69) is 4.72 Å². The van der Waals surface area contributed by atoms with Crippen LogP contribution >= 0.6 is 11.6 Å². The highest BCUT2D eigenvalue weighted by Gasteiger charge is 2.24. The Morgan fingerprint density at radius 1 is 1.08 bits per heavy atom.